The zero-order chi connectivity index (χ0) is 11.3. The maximum Gasteiger partial charge on any atom is 0.0949 e. The van der Waals surface area contributed by atoms with Gasteiger partial charge >= 0.3 is 0 Å². The zero-order valence-corrected chi connectivity index (χ0v) is 9.98. The Hall–Kier alpha value is -0.870. The van der Waals surface area contributed by atoms with Crippen molar-refractivity contribution in [1.82, 2.24) is 14.5 Å². The molecule has 4 nitrogen and oxygen atoms in total. The predicted octanol–water partition coefficient (Wildman–Crippen LogP) is 1.24. The van der Waals surface area contributed by atoms with E-state index in [4.69, 9.17) is 5.73 Å². The highest BCUT2D eigenvalue weighted by molar-refractivity contribution is 5.04. The number of aromatic nitrogens is 2. The van der Waals surface area contributed by atoms with Crippen molar-refractivity contribution >= 4 is 0 Å². The number of hydrogen-bond donors (Lipinski definition) is 1. The molecule has 0 spiro atoms. The average Bonchev–Trinajstić information content (AvgIpc) is 2.72. The summed E-state index contributed by atoms with van der Waals surface area (Å²) in [6.45, 7) is 7.33. The molecule has 0 amide bonds. The van der Waals surface area contributed by atoms with Crippen LogP contribution < -0.4 is 5.73 Å². The summed E-state index contributed by atoms with van der Waals surface area (Å²) >= 11 is 0. The molecule has 0 saturated heterocycles. The van der Waals surface area contributed by atoms with Crippen molar-refractivity contribution in [2.75, 3.05) is 20.1 Å². The molecule has 15 heavy (non-hydrogen) atoms. The Balaban J connectivity index is 2.57. The van der Waals surface area contributed by atoms with Crippen molar-refractivity contribution in [1.29, 1.82) is 0 Å². The monoisotopic (exact) mass is 210 g/mol. The largest absolute Gasteiger partial charge is 0.332 e. The van der Waals surface area contributed by atoms with E-state index in [2.05, 4.69) is 35.3 Å². The molecule has 0 unspecified atom stereocenters. The molecule has 1 aromatic heterocycles. The SMILES string of the molecule is CC[C@@H](N)c1cncn1CCN(C)CC. The van der Waals surface area contributed by atoms with Gasteiger partial charge in [0.2, 0.25) is 0 Å². The molecule has 0 fully saturated rings. The van der Waals surface area contributed by atoms with Crippen LogP contribution in [-0.4, -0.2) is 34.6 Å². The van der Waals surface area contributed by atoms with Crippen LogP contribution in [0.25, 0.3) is 0 Å². The van der Waals surface area contributed by atoms with E-state index >= 15 is 0 Å². The van der Waals surface area contributed by atoms with Gasteiger partial charge in [0.15, 0.2) is 0 Å². The van der Waals surface area contributed by atoms with Crippen molar-refractivity contribution in [2.45, 2.75) is 32.9 Å². The van der Waals surface area contributed by atoms with E-state index in [0.717, 1.165) is 31.7 Å². The highest BCUT2D eigenvalue weighted by Gasteiger charge is 2.09. The molecule has 0 aliphatic heterocycles. The predicted molar refractivity (Wildman–Crippen MR) is 62.6 cm³/mol. The second-order valence-corrected chi connectivity index (χ2v) is 3.92. The lowest BCUT2D eigenvalue weighted by atomic mass is 10.2. The van der Waals surface area contributed by atoms with E-state index in [0.29, 0.717) is 0 Å². The quantitative estimate of drug-likeness (QED) is 0.768. The maximum absolute atomic E-state index is 6.00. The van der Waals surface area contributed by atoms with Crippen LogP contribution in [0, 0.1) is 0 Å². The third kappa shape index (κ3) is 3.32. The van der Waals surface area contributed by atoms with Crippen LogP contribution in [0.5, 0.6) is 0 Å². The molecule has 1 atom stereocenters. The molecule has 0 saturated carbocycles. The summed E-state index contributed by atoms with van der Waals surface area (Å²) in [4.78, 5) is 6.44. The molecule has 1 heterocycles. The van der Waals surface area contributed by atoms with Crippen molar-refractivity contribution in [3.05, 3.63) is 18.2 Å². The van der Waals surface area contributed by atoms with E-state index in [1.165, 1.54) is 0 Å². The molecular weight excluding hydrogens is 188 g/mol. The molecule has 1 aromatic rings. The van der Waals surface area contributed by atoms with Crippen molar-refractivity contribution in [3.8, 4) is 0 Å². The van der Waals surface area contributed by atoms with Crippen LogP contribution in [0.15, 0.2) is 12.5 Å². The summed E-state index contributed by atoms with van der Waals surface area (Å²) in [5, 5.41) is 0. The molecule has 0 aromatic carbocycles. The molecule has 0 radical (unpaired) electrons. The third-order valence-electron chi connectivity index (χ3n) is 2.83. The first kappa shape index (κ1) is 12.2. The third-order valence-corrected chi connectivity index (χ3v) is 2.83. The lowest BCUT2D eigenvalue weighted by Gasteiger charge is -2.17. The number of nitrogens with zero attached hydrogens (tertiary/aromatic N) is 3. The smallest absolute Gasteiger partial charge is 0.0949 e. The summed E-state index contributed by atoms with van der Waals surface area (Å²) in [5.41, 5.74) is 7.14. The van der Waals surface area contributed by atoms with E-state index in [-0.39, 0.29) is 6.04 Å². The van der Waals surface area contributed by atoms with E-state index in [1.54, 1.807) is 0 Å². The van der Waals surface area contributed by atoms with Crippen LogP contribution in [0.3, 0.4) is 0 Å². The molecule has 2 N–H and O–H groups in total. The Morgan fingerprint density at radius 3 is 2.87 bits per heavy atom. The summed E-state index contributed by atoms with van der Waals surface area (Å²) in [5.74, 6) is 0. The van der Waals surface area contributed by atoms with Crippen LogP contribution in [0.4, 0.5) is 0 Å². The number of nitrogens with two attached hydrogens (primary N) is 1. The first-order valence-corrected chi connectivity index (χ1v) is 5.63. The molecular formula is C11H22N4. The van der Waals surface area contributed by atoms with Crippen LogP contribution in [-0.2, 0) is 6.54 Å². The minimum absolute atomic E-state index is 0.111. The molecule has 0 bridgehead atoms. The summed E-state index contributed by atoms with van der Waals surface area (Å²) in [6, 6.07) is 0.111. The standard InChI is InChI=1S/C11H22N4/c1-4-10(12)11-8-13-9-15(11)7-6-14(3)5-2/h8-10H,4-7,12H2,1-3H3/t10-/m1/s1. The molecule has 86 valence electrons. The van der Waals surface area contributed by atoms with Crippen molar-refractivity contribution in [2.24, 2.45) is 5.73 Å². The second kappa shape index (κ2) is 5.88. The summed E-state index contributed by atoms with van der Waals surface area (Å²) < 4.78 is 2.15. The highest BCUT2D eigenvalue weighted by Crippen LogP contribution is 2.12. The van der Waals surface area contributed by atoms with Crippen LogP contribution in [0.2, 0.25) is 0 Å². The van der Waals surface area contributed by atoms with Gasteiger partial charge in [-0.2, -0.15) is 0 Å². The first-order valence-electron chi connectivity index (χ1n) is 5.63. The van der Waals surface area contributed by atoms with Crippen molar-refractivity contribution in [3.63, 3.8) is 0 Å². The van der Waals surface area contributed by atoms with Gasteiger partial charge in [-0.05, 0) is 20.0 Å². The van der Waals surface area contributed by atoms with Gasteiger partial charge in [-0.25, -0.2) is 4.98 Å². The molecule has 0 aliphatic carbocycles. The average molecular weight is 210 g/mol. The minimum atomic E-state index is 0.111. The van der Waals surface area contributed by atoms with Gasteiger partial charge < -0.3 is 15.2 Å². The normalized spacial score (nSPS) is 13.4. The van der Waals surface area contributed by atoms with Gasteiger partial charge in [0, 0.05) is 25.3 Å². The van der Waals surface area contributed by atoms with E-state index in [1.807, 2.05) is 12.5 Å². The van der Waals surface area contributed by atoms with Crippen LogP contribution >= 0.6 is 0 Å². The molecule has 4 heteroatoms. The number of rotatable bonds is 6. The second-order valence-electron chi connectivity index (χ2n) is 3.92. The number of likely N-dealkylation sites (N-methyl/N-ethyl adjacent to an activating group) is 1. The number of hydrogen-bond acceptors (Lipinski definition) is 3. The summed E-state index contributed by atoms with van der Waals surface area (Å²) in [6.07, 6.45) is 4.70. The minimum Gasteiger partial charge on any atom is -0.332 e. The zero-order valence-electron chi connectivity index (χ0n) is 9.98. The van der Waals surface area contributed by atoms with Crippen LogP contribution in [0.1, 0.15) is 32.0 Å². The maximum atomic E-state index is 6.00. The fourth-order valence-electron chi connectivity index (χ4n) is 1.47. The Morgan fingerprint density at radius 2 is 2.27 bits per heavy atom. The number of imidazole rings is 1. The van der Waals surface area contributed by atoms with Gasteiger partial charge in [-0.3, -0.25) is 0 Å². The Kier molecular flexibility index (Phi) is 4.78. The first-order chi connectivity index (χ1) is 7.19. The van der Waals surface area contributed by atoms with Gasteiger partial charge in [-0.15, -0.1) is 0 Å². The van der Waals surface area contributed by atoms with Crippen molar-refractivity contribution < 1.29 is 0 Å². The summed E-state index contributed by atoms with van der Waals surface area (Å²) in [7, 11) is 2.12. The topological polar surface area (TPSA) is 47.1 Å². The van der Waals surface area contributed by atoms with Gasteiger partial charge in [0.05, 0.1) is 12.0 Å². The lowest BCUT2D eigenvalue weighted by Crippen LogP contribution is -2.24. The molecule has 0 aliphatic rings. The Bertz CT molecular complexity index is 282. The van der Waals surface area contributed by atoms with E-state index < -0.39 is 0 Å². The van der Waals surface area contributed by atoms with Gasteiger partial charge in [0.25, 0.3) is 0 Å². The fraction of sp³-hybridized carbons (Fsp3) is 0.727. The Labute approximate surface area is 92.1 Å². The van der Waals surface area contributed by atoms with Gasteiger partial charge in [0.1, 0.15) is 0 Å². The fourth-order valence-corrected chi connectivity index (χ4v) is 1.47. The lowest BCUT2D eigenvalue weighted by molar-refractivity contribution is 0.332. The van der Waals surface area contributed by atoms with E-state index in [9.17, 15) is 0 Å². The Morgan fingerprint density at radius 1 is 1.53 bits per heavy atom. The molecule has 1 rings (SSSR count). The van der Waals surface area contributed by atoms with Gasteiger partial charge in [-0.1, -0.05) is 13.8 Å². The highest BCUT2D eigenvalue weighted by atomic mass is 15.1.